The highest BCUT2D eigenvalue weighted by Crippen LogP contribution is 2.46. The average Bonchev–Trinajstić information content (AvgIpc) is 2.68. The molecule has 0 radical (unpaired) electrons. The van der Waals surface area contributed by atoms with Crippen molar-refractivity contribution in [1.29, 1.82) is 0 Å². The fourth-order valence-corrected chi connectivity index (χ4v) is 4.79. The Morgan fingerprint density at radius 3 is 2.41 bits per heavy atom. The van der Waals surface area contributed by atoms with Crippen LogP contribution in [-0.2, 0) is 11.1 Å². The van der Waals surface area contributed by atoms with E-state index in [1.165, 1.54) is 18.2 Å². The van der Waals surface area contributed by atoms with Crippen LogP contribution in [-0.4, -0.2) is 47.4 Å². The highest BCUT2D eigenvalue weighted by molar-refractivity contribution is 7.47. The first-order valence-corrected chi connectivity index (χ1v) is 10.2. The molecule has 1 heterocycles. The number of primary amides is 1. The van der Waals surface area contributed by atoms with E-state index >= 15 is 0 Å². The highest BCUT2D eigenvalue weighted by Gasteiger charge is 2.26. The van der Waals surface area contributed by atoms with E-state index in [9.17, 15) is 14.9 Å². The first-order valence-electron chi connectivity index (χ1n) is 9.05. The number of nitrogens with two attached hydrogens (primary N) is 1. The molecule has 2 aromatic carbocycles. The second-order valence-corrected chi connectivity index (χ2v) is 8.82. The van der Waals surface area contributed by atoms with Gasteiger partial charge in [-0.15, -0.1) is 0 Å². The van der Waals surface area contributed by atoms with Crippen molar-refractivity contribution in [2.75, 3.05) is 27.2 Å². The number of rotatable bonds is 7. The van der Waals surface area contributed by atoms with Crippen LogP contribution in [0.1, 0.15) is 22.3 Å². The number of amides is 1. The molecule has 1 saturated heterocycles. The van der Waals surface area contributed by atoms with Crippen molar-refractivity contribution in [1.82, 2.24) is 9.34 Å². The molecule has 1 fully saturated rings. The van der Waals surface area contributed by atoms with Crippen LogP contribution in [0.15, 0.2) is 42.5 Å². The maximum absolute atomic E-state index is 11.4. The van der Waals surface area contributed by atoms with E-state index in [0.717, 1.165) is 25.1 Å². The van der Waals surface area contributed by atoms with Crippen molar-refractivity contribution in [2.24, 2.45) is 5.73 Å². The molecule has 29 heavy (non-hydrogen) atoms. The Morgan fingerprint density at radius 2 is 1.83 bits per heavy atom. The molecule has 2 N–H and O–H groups in total. The molecule has 0 aliphatic carbocycles. The lowest BCUT2D eigenvalue weighted by Crippen LogP contribution is -2.32. The van der Waals surface area contributed by atoms with Crippen LogP contribution in [0, 0.1) is 10.1 Å². The summed E-state index contributed by atoms with van der Waals surface area (Å²) < 4.78 is 16.2. The van der Waals surface area contributed by atoms with Crippen LogP contribution >= 0.6 is 8.45 Å². The normalized spacial score (nSPS) is 15.9. The Kier molecular flexibility index (Phi) is 6.76. The SMILES string of the molecule is CN1CCCN(C)P1OCc1ccc([N+](=O)[O-])c(Oc2ccc(C(N)=O)cc2)c1. The Bertz CT molecular complexity index is 883. The zero-order chi connectivity index (χ0) is 21.0. The van der Waals surface area contributed by atoms with E-state index in [1.54, 1.807) is 24.3 Å². The fourth-order valence-electron chi connectivity index (χ4n) is 2.98. The van der Waals surface area contributed by atoms with Gasteiger partial charge in [-0.1, -0.05) is 0 Å². The van der Waals surface area contributed by atoms with E-state index in [1.807, 2.05) is 14.1 Å². The average molecular weight is 418 g/mol. The van der Waals surface area contributed by atoms with E-state index in [4.69, 9.17) is 15.0 Å². The summed E-state index contributed by atoms with van der Waals surface area (Å²) in [7, 11) is 3.20. The van der Waals surface area contributed by atoms with Gasteiger partial charge in [0.05, 0.1) is 11.5 Å². The third kappa shape index (κ3) is 5.27. The summed E-state index contributed by atoms with van der Waals surface area (Å²) >= 11 is 0. The smallest absolute Gasteiger partial charge is 0.311 e. The Balaban J connectivity index is 1.76. The number of nitro groups is 1. The standard InChI is InChI=1S/C19H23N4O5P/c1-21-10-3-11-22(2)29(21)27-13-14-4-9-17(23(25)26)18(12-14)28-16-7-5-15(6-8-16)19(20)24/h4-9,12H,3,10-11,13H2,1-2H3,(H2,20,24). The topological polar surface area (TPSA) is 111 Å². The molecule has 10 heteroatoms. The van der Waals surface area contributed by atoms with Gasteiger partial charge in [-0.25, -0.2) is 0 Å². The van der Waals surface area contributed by atoms with E-state index in [-0.39, 0.29) is 11.4 Å². The number of nitro benzene ring substituents is 1. The van der Waals surface area contributed by atoms with Crippen LogP contribution in [0.5, 0.6) is 11.5 Å². The van der Waals surface area contributed by atoms with E-state index in [0.29, 0.717) is 17.9 Å². The van der Waals surface area contributed by atoms with Crippen LogP contribution in [0.3, 0.4) is 0 Å². The minimum Gasteiger partial charge on any atom is -0.450 e. The third-order valence-electron chi connectivity index (χ3n) is 4.48. The van der Waals surface area contributed by atoms with E-state index in [2.05, 4.69) is 9.34 Å². The van der Waals surface area contributed by atoms with Gasteiger partial charge in [0.1, 0.15) is 5.75 Å². The lowest BCUT2D eigenvalue weighted by Gasteiger charge is -2.38. The molecular weight excluding hydrogens is 395 g/mol. The predicted molar refractivity (Wildman–Crippen MR) is 110 cm³/mol. The second-order valence-electron chi connectivity index (χ2n) is 6.69. The van der Waals surface area contributed by atoms with Gasteiger partial charge in [0.25, 0.3) is 0 Å². The van der Waals surface area contributed by atoms with Gasteiger partial charge >= 0.3 is 5.69 Å². The van der Waals surface area contributed by atoms with Crippen molar-refractivity contribution in [3.8, 4) is 11.5 Å². The first kappa shape index (κ1) is 21.1. The van der Waals surface area contributed by atoms with Crippen molar-refractivity contribution >= 4 is 20.0 Å². The van der Waals surface area contributed by atoms with Gasteiger partial charge in [-0.2, -0.15) is 0 Å². The maximum atomic E-state index is 11.4. The summed E-state index contributed by atoms with van der Waals surface area (Å²) in [5.74, 6) is -0.0744. The number of hydrogen-bond donors (Lipinski definition) is 1. The Labute approximate surface area is 170 Å². The van der Waals surface area contributed by atoms with Crippen LogP contribution < -0.4 is 10.5 Å². The van der Waals surface area contributed by atoms with Gasteiger partial charge in [0.2, 0.25) is 11.7 Å². The van der Waals surface area contributed by atoms with Crippen LogP contribution in [0.4, 0.5) is 5.69 Å². The molecule has 0 aromatic heterocycles. The second kappa shape index (κ2) is 9.28. The van der Waals surface area contributed by atoms with Crippen molar-refractivity contribution in [2.45, 2.75) is 13.0 Å². The predicted octanol–water partition coefficient (Wildman–Crippen LogP) is 3.50. The molecule has 9 nitrogen and oxygen atoms in total. The molecule has 0 unspecified atom stereocenters. The molecule has 0 bridgehead atoms. The molecule has 1 aliphatic heterocycles. The number of ether oxygens (including phenoxy) is 1. The number of carbonyl (C=O) groups is 1. The number of benzene rings is 2. The monoisotopic (exact) mass is 418 g/mol. The first-order chi connectivity index (χ1) is 13.8. The molecule has 1 aliphatic rings. The van der Waals surface area contributed by atoms with Crippen molar-refractivity contribution in [3.63, 3.8) is 0 Å². The highest BCUT2D eigenvalue weighted by atomic mass is 31.2. The zero-order valence-electron chi connectivity index (χ0n) is 16.3. The summed E-state index contributed by atoms with van der Waals surface area (Å²) in [6.07, 6.45) is 1.10. The molecule has 0 atom stereocenters. The van der Waals surface area contributed by atoms with Gasteiger partial charge in [0.15, 0.2) is 8.45 Å². The van der Waals surface area contributed by atoms with Gasteiger partial charge in [0, 0.05) is 24.7 Å². The summed E-state index contributed by atoms with van der Waals surface area (Å²) in [6.45, 7) is 2.27. The quantitative estimate of drug-likeness (QED) is 0.416. The van der Waals surface area contributed by atoms with Crippen LogP contribution in [0.2, 0.25) is 0 Å². The Morgan fingerprint density at radius 1 is 1.17 bits per heavy atom. The molecule has 154 valence electrons. The summed E-state index contributed by atoms with van der Waals surface area (Å²) in [4.78, 5) is 22.1. The number of hydrogen-bond acceptors (Lipinski definition) is 7. The van der Waals surface area contributed by atoms with Gasteiger partial charge in [-0.05, 0) is 62.5 Å². The molecule has 0 spiro atoms. The molecule has 1 amide bonds. The number of nitrogens with zero attached hydrogens (tertiary/aromatic N) is 3. The van der Waals surface area contributed by atoms with Crippen molar-refractivity contribution < 1.29 is 19.0 Å². The fraction of sp³-hybridized carbons (Fsp3) is 0.316. The maximum Gasteiger partial charge on any atom is 0.311 e. The summed E-state index contributed by atoms with van der Waals surface area (Å²) in [6, 6.07) is 10.8. The van der Waals surface area contributed by atoms with Crippen molar-refractivity contribution in [3.05, 3.63) is 63.7 Å². The van der Waals surface area contributed by atoms with Gasteiger partial charge < -0.3 is 15.0 Å². The third-order valence-corrected chi connectivity index (χ3v) is 6.41. The minimum absolute atomic E-state index is 0.112. The molecule has 2 aromatic rings. The molecule has 0 saturated carbocycles. The lowest BCUT2D eigenvalue weighted by atomic mass is 10.2. The van der Waals surface area contributed by atoms with Gasteiger partial charge in [-0.3, -0.25) is 24.2 Å². The van der Waals surface area contributed by atoms with E-state index < -0.39 is 19.3 Å². The number of carbonyl (C=O) groups excluding carboxylic acids is 1. The minimum atomic E-state index is -0.857. The lowest BCUT2D eigenvalue weighted by molar-refractivity contribution is -0.385. The molecule has 3 rings (SSSR count). The largest absolute Gasteiger partial charge is 0.450 e. The summed E-state index contributed by atoms with van der Waals surface area (Å²) in [5, 5.41) is 11.4. The Hall–Kier alpha value is -2.58. The summed E-state index contributed by atoms with van der Waals surface area (Å²) in [5.41, 5.74) is 6.18. The molecular formula is C19H23N4O5P. The van der Waals surface area contributed by atoms with Crippen LogP contribution in [0.25, 0.3) is 0 Å². The zero-order valence-corrected chi connectivity index (χ0v) is 17.2.